The van der Waals surface area contributed by atoms with Gasteiger partial charge in [0.2, 0.25) is 0 Å². The van der Waals surface area contributed by atoms with Crippen molar-refractivity contribution in [1.29, 1.82) is 0 Å². The van der Waals surface area contributed by atoms with Crippen molar-refractivity contribution in [2.45, 2.75) is 6.41 Å². The molecule has 0 aliphatic rings. The summed E-state index contributed by atoms with van der Waals surface area (Å²) in [6, 6.07) is 0. The fourth-order valence-corrected chi connectivity index (χ4v) is 0.725. The molecule has 0 aromatic carbocycles. The van der Waals surface area contributed by atoms with Gasteiger partial charge in [-0.2, -0.15) is 0 Å². The molecule has 0 bridgehead atoms. The van der Waals surface area contributed by atoms with E-state index in [2.05, 4.69) is 9.92 Å². The second kappa shape index (κ2) is 4.15. The molecular weight excluding hydrogens is 225 g/mol. The molecule has 0 amide bonds. The molecule has 0 saturated carbocycles. The molecule has 0 rings (SSSR count). The van der Waals surface area contributed by atoms with E-state index in [-0.39, 0.29) is 3.22 Å². The Morgan fingerprint density at radius 1 is 1.75 bits per heavy atom. The molecule has 0 fully saturated rings. The number of rotatable bonds is 3. The summed E-state index contributed by atoms with van der Waals surface area (Å²) in [5.74, 6) is 6.76. The summed E-state index contributed by atoms with van der Waals surface area (Å²) < 4.78 is 3.25. The number of hydrogen-bond acceptors (Lipinski definition) is 3. The molecule has 6 heteroatoms. The molecule has 4 N–H and O–H groups in total. The van der Waals surface area contributed by atoms with Gasteiger partial charge < -0.3 is 0 Å². The molecule has 0 heterocycles. The second-order valence-electron chi connectivity index (χ2n) is 0.926. The van der Waals surface area contributed by atoms with Crippen LogP contribution in [0.15, 0.2) is 3.21 Å². The van der Waals surface area contributed by atoms with Crippen LogP contribution >= 0.6 is 0 Å². The van der Waals surface area contributed by atoms with Gasteiger partial charge >= 0.3 is 57.4 Å². The molecule has 0 aromatic rings. The quantitative estimate of drug-likeness (QED) is 0.149. The van der Waals surface area contributed by atoms with E-state index in [9.17, 15) is 0 Å². The Hall–Kier alpha value is 0.240. The van der Waals surface area contributed by atoms with Crippen molar-refractivity contribution in [2.24, 2.45) is 3.21 Å². The summed E-state index contributed by atoms with van der Waals surface area (Å²) >= 11 is -0.878. The van der Waals surface area contributed by atoms with Crippen molar-refractivity contribution in [3.05, 3.63) is 5.84 Å². The minimum absolute atomic E-state index is 0.126. The average Bonchev–Trinajstić information content (AvgIpc) is 1.67. The van der Waals surface area contributed by atoms with Gasteiger partial charge in [-0.3, -0.25) is 0 Å². The fraction of sp³-hybridized carbons (Fsp3) is 0.500. The van der Waals surface area contributed by atoms with E-state index < -0.39 is 28.2 Å². The summed E-state index contributed by atoms with van der Waals surface area (Å²) in [6.07, 6.45) is -1.63. The van der Waals surface area contributed by atoms with Crippen molar-refractivity contribution < 1.29 is 35.2 Å². The van der Waals surface area contributed by atoms with Crippen LogP contribution in [0.4, 0.5) is 0 Å². The second-order valence-corrected chi connectivity index (χ2v) is 3.25. The molecule has 0 radical (unpaired) electrons. The molecule has 0 aliphatic heterocycles. The minimum atomic E-state index is -1.63. The molecule has 1 atom stereocenters. The van der Waals surface area contributed by atoms with E-state index in [1.54, 1.807) is 0 Å². The number of aliphatic hydroxyl groups is 2. The van der Waals surface area contributed by atoms with Crippen LogP contribution in [0, 0.1) is 0 Å². The first-order chi connectivity index (χ1) is 3.68. The van der Waals surface area contributed by atoms with Gasteiger partial charge in [0.15, 0.2) is 0 Å². The normalized spacial score (nSPS) is 14.5. The van der Waals surface area contributed by atoms with Gasteiger partial charge in [0.1, 0.15) is 0 Å². The summed E-state index contributed by atoms with van der Waals surface area (Å²) in [7, 11) is 0. The molecule has 5 nitrogen and oxygen atoms in total. The van der Waals surface area contributed by atoms with Crippen molar-refractivity contribution in [3.63, 3.8) is 0 Å². The Bertz CT molecular complexity index is 77.7. The standard InChI is InChI=1S/C2H7IN3O2/c1-5-3-6(4)2(7)8/h2,4,6-8H,1H2/q-1. The number of halogens is 1. The summed E-state index contributed by atoms with van der Waals surface area (Å²) in [5, 5.41) is 16.4. The third kappa shape index (κ3) is 3.27. The Kier molecular flexibility index (Phi) is 4.28. The molecule has 0 aliphatic carbocycles. The van der Waals surface area contributed by atoms with Crippen LogP contribution in [0.5, 0.6) is 0 Å². The van der Waals surface area contributed by atoms with Crippen molar-refractivity contribution in [3.8, 4) is 0 Å². The predicted molar refractivity (Wildman–Crippen MR) is 23.1 cm³/mol. The van der Waals surface area contributed by atoms with Crippen molar-refractivity contribution >= 4 is 6.72 Å². The number of quaternary nitrogens is 1. The molecule has 0 spiro atoms. The van der Waals surface area contributed by atoms with Crippen LogP contribution in [0.2, 0.25) is 0 Å². The maximum absolute atomic E-state index is 8.22. The van der Waals surface area contributed by atoms with Crippen molar-refractivity contribution in [2.75, 3.05) is 0 Å². The average molecular weight is 232 g/mol. The summed E-state index contributed by atoms with van der Waals surface area (Å²) in [6.45, 7) is 3.12. The first kappa shape index (κ1) is 8.24. The van der Waals surface area contributed by atoms with E-state index in [0.717, 1.165) is 0 Å². The first-order valence-electron chi connectivity index (χ1n) is 1.73. The Morgan fingerprint density at radius 3 is 2.38 bits per heavy atom. The van der Waals surface area contributed by atoms with E-state index in [4.69, 9.17) is 16.1 Å². The van der Waals surface area contributed by atoms with Gasteiger partial charge in [0.05, 0.1) is 0 Å². The monoisotopic (exact) mass is 232 g/mol. The molecule has 50 valence electrons. The molecular formula is C2H7IN3O2-. The van der Waals surface area contributed by atoms with Gasteiger partial charge in [-0.25, -0.2) is 0 Å². The third-order valence-electron chi connectivity index (χ3n) is 0.378. The zero-order valence-electron chi connectivity index (χ0n) is 4.00. The number of aliphatic hydroxyl groups excluding tert-OH is 1. The Balaban J connectivity index is 3.30. The van der Waals surface area contributed by atoms with Gasteiger partial charge in [0.25, 0.3) is 0 Å². The van der Waals surface area contributed by atoms with E-state index >= 15 is 0 Å². The Morgan fingerprint density at radius 2 is 2.25 bits per heavy atom. The van der Waals surface area contributed by atoms with E-state index in [0.29, 0.717) is 0 Å². The van der Waals surface area contributed by atoms with Gasteiger partial charge in [-0.05, 0) is 0 Å². The van der Waals surface area contributed by atoms with Crippen molar-refractivity contribution in [1.82, 2.24) is 0 Å². The van der Waals surface area contributed by atoms with Crippen LogP contribution in [0.25, 0.3) is 5.84 Å². The van der Waals surface area contributed by atoms with E-state index in [1.807, 2.05) is 0 Å². The molecule has 0 saturated heterocycles. The van der Waals surface area contributed by atoms with Crippen LogP contribution in [-0.2, 0) is 0 Å². The van der Waals surface area contributed by atoms with Gasteiger partial charge in [-0.1, -0.05) is 0 Å². The molecule has 0 aromatic heterocycles. The van der Waals surface area contributed by atoms with Crippen LogP contribution in [0.1, 0.15) is 0 Å². The number of nitrogens with one attached hydrogen (secondary N) is 2. The summed E-state index contributed by atoms with van der Waals surface area (Å²) in [4.78, 5) is 0. The maximum atomic E-state index is 8.22. The first-order valence-corrected chi connectivity index (χ1v) is 3.77. The Labute approximate surface area is 57.8 Å². The topological polar surface area (TPSA) is 81.1 Å². The molecule has 1 unspecified atom stereocenters. The van der Waals surface area contributed by atoms with Crippen LogP contribution in [-0.4, -0.2) is 23.3 Å². The predicted octanol–water partition coefficient (Wildman–Crippen LogP) is -5.27. The van der Waals surface area contributed by atoms with E-state index in [1.165, 1.54) is 0 Å². The number of hydrogen-bond donors (Lipinski definition) is 3. The van der Waals surface area contributed by atoms with Crippen LogP contribution in [0.3, 0.4) is 0 Å². The summed E-state index contributed by atoms with van der Waals surface area (Å²) in [5.41, 5.74) is 0. The van der Waals surface area contributed by atoms with Crippen LogP contribution < -0.4 is 25.0 Å². The third-order valence-corrected chi connectivity index (χ3v) is 1.80. The SMILES string of the molecule is C=N[I-][NH+]([NH-])C(O)O. The molecule has 8 heavy (non-hydrogen) atoms. The number of nitrogens with zero attached hydrogens (tertiary/aromatic N) is 1. The van der Waals surface area contributed by atoms with Gasteiger partial charge in [-0.15, -0.1) is 0 Å². The van der Waals surface area contributed by atoms with Gasteiger partial charge in [0, 0.05) is 0 Å². The fourth-order valence-electron chi connectivity index (χ4n) is 0.108. The zero-order chi connectivity index (χ0) is 6.57. The zero-order valence-corrected chi connectivity index (χ0v) is 6.16.